The lowest BCUT2D eigenvalue weighted by Gasteiger charge is -2.11. The van der Waals surface area contributed by atoms with Crippen LogP contribution in [-0.2, 0) is 28.9 Å². The first-order valence-electron chi connectivity index (χ1n) is 6.06. The Kier molecular flexibility index (Phi) is 7.11. The van der Waals surface area contributed by atoms with Crippen LogP contribution in [0.15, 0.2) is 9.81 Å². The molecule has 20 heavy (non-hydrogen) atoms. The quantitative estimate of drug-likeness (QED) is 0.139. The summed E-state index contributed by atoms with van der Waals surface area (Å²) in [6.07, 6.45) is -0.384. The summed E-state index contributed by atoms with van der Waals surface area (Å²) in [4.78, 5) is 44.3. The Bertz CT molecular complexity index is 422. The minimum atomic E-state index is -1.22. The molecule has 0 aromatic carbocycles. The van der Waals surface area contributed by atoms with E-state index < -0.39 is 17.7 Å². The van der Waals surface area contributed by atoms with Crippen molar-refractivity contribution >= 4 is 41.2 Å². The third-order valence-electron chi connectivity index (χ3n) is 1.97. The lowest BCUT2D eigenvalue weighted by molar-refractivity contribution is -0.266. The maximum atomic E-state index is 12.0. The SMILES string of the molecule is CCOOC(=O)C(=O)C(C(=O)OC(C)C)=C1SCCS1. The molecule has 0 saturated carbocycles. The van der Waals surface area contributed by atoms with E-state index in [-0.39, 0.29) is 18.3 Å². The van der Waals surface area contributed by atoms with Gasteiger partial charge in [0.05, 0.1) is 16.9 Å². The van der Waals surface area contributed by atoms with E-state index in [1.54, 1.807) is 20.8 Å². The molecule has 1 fully saturated rings. The van der Waals surface area contributed by atoms with Gasteiger partial charge >= 0.3 is 11.9 Å². The molecule has 1 rings (SSSR count). The number of hydrogen-bond donors (Lipinski definition) is 0. The van der Waals surface area contributed by atoms with E-state index in [1.165, 1.54) is 23.5 Å². The molecule has 6 nitrogen and oxygen atoms in total. The third kappa shape index (κ3) is 4.84. The second-order valence-electron chi connectivity index (χ2n) is 3.92. The van der Waals surface area contributed by atoms with Crippen LogP contribution in [0.25, 0.3) is 0 Å². The minimum Gasteiger partial charge on any atom is -0.459 e. The fourth-order valence-electron chi connectivity index (χ4n) is 1.25. The Labute approximate surface area is 125 Å². The summed E-state index contributed by atoms with van der Waals surface area (Å²) >= 11 is 2.70. The zero-order valence-corrected chi connectivity index (χ0v) is 13.1. The molecular weight excluding hydrogens is 304 g/mol. The van der Waals surface area contributed by atoms with E-state index in [0.717, 1.165) is 11.5 Å². The summed E-state index contributed by atoms with van der Waals surface area (Å²) in [6.45, 7) is 5.05. The molecule has 1 aliphatic heterocycles. The van der Waals surface area contributed by atoms with E-state index in [1.807, 2.05) is 0 Å². The van der Waals surface area contributed by atoms with Crippen molar-refractivity contribution in [2.75, 3.05) is 18.1 Å². The molecule has 1 heterocycles. The van der Waals surface area contributed by atoms with Crippen molar-refractivity contribution < 1.29 is 28.9 Å². The number of thioether (sulfide) groups is 2. The highest BCUT2D eigenvalue weighted by Gasteiger charge is 2.33. The van der Waals surface area contributed by atoms with Crippen molar-refractivity contribution in [3.05, 3.63) is 9.81 Å². The van der Waals surface area contributed by atoms with Crippen molar-refractivity contribution in [3.63, 3.8) is 0 Å². The summed E-state index contributed by atoms with van der Waals surface area (Å²) in [5.74, 6) is -1.53. The predicted octanol–water partition coefficient (Wildman–Crippen LogP) is 1.69. The maximum absolute atomic E-state index is 12.0. The van der Waals surface area contributed by atoms with Crippen molar-refractivity contribution in [1.82, 2.24) is 0 Å². The summed E-state index contributed by atoms with van der Waals surface area (Å²) in [5.41, 5.74) is -0.268. The van der Waals surface area contributed by atoms with Crippen LogP contribution in [0.4, 0.5) is 0 Å². The minimum absolute atomic E-state index is 0.116. The fourth-order valence-corrected chi connectivity index (χ4v) is 3.76. The van der Waals surface area contributed by atoms with Gasteiger partial charge in [-0.15, -0.1) is 23.5 Å². The van der Waals surface area contributed by atoms with Gasteiger partial charge in [-0.3, -0.25) is 9.68 Å². The number of rotatable bonds is 6. The van der Waals surface area contributed by atoms with Crippen LogP contribution in [0.2, 0.25) is 0 Å². The highest BCUT2D eigenvalue weighted by molar-refractivity contribution is 8.25. The van der Waals surface area contributed by atoms with Crippen molar-refractivity contribution in [3.8, 4) is 0 Å². The molecule has 1 saturated heterocycles. The van der Waals surface area contributed by atoms with Gasteiger partial charge in [0.15, 0.2) is 0 Å². The average molecular weight is 320 g/mol. The predicted molar refractivity (Wildman–Crippen MR) is 75.9 cm³/mol. The molecule has 1 aliphatic rings. The number of carbonyl (C=O) groups is 3. The summed E-state index contributed by atoms with van der Waals surface area (Å²) in [5, 5.41) is 0. The molecule has 0 bridgehead atoms. The number of ether oxygens (including phenoxy) is 1. The van der Waals surface area contributed by atoms with Gasteiger partial charge in [0, 0.05) is 11.5 Å². The fraction of sp³-hybridized carbons (Fsp3) is 0.583. The zero-order valence-electron chi connectivity index (χ0n) is 11.5. The van der Waals surface area contributed by atoms with Crippen LogP contribution in [-0.4, -0.2) is 41.9 Å². The molecule has 0 amide bonds. The number of Topliss-reactive ketones (excluding diaryl/α,β-unsaturated/α-hetero) is 1. The van der Waals surface area contributed by atoms with Crippen LogP contribution in [0.1, 0.15) is 20.8 Å². The first-order chi connectivity index (χ1) is 9.47. The van der Waals surface area contributed by atoms with E-state index in [4.69, 9.17) is 4.74 Å². The Hall–Kier alpha value is -0.990. The van der Waals surface area contributed by atoms with Crippen LogP contribution >= 0.6 is 23.5 Å². The maximum Gasteiger partial charge on any atom is 0.413 e. The Morgan fingerprint density at radius 1 is 1.15 bits per heavy atom. The molecule has 0 aromatic heterocycles. The largest absolute Gasteiger partial charge is 0.459 e. The van der Waals surface area contributed by atoms with Crippen molar-refractivity contribution in [1.29, 1.82) is 0 Å². The van der Waals surface area contributed by atoms with E-state index in [9.17, 15) is 14.4 Å². The summed E-state index contributed by atoms with van der Waals surface area (Å²) < 4.78 is 5.50. The van der Waals surface area contributed by atoms with E-state index in [0.29, 0.717) is 4.24 Å². The van der Waals surface area contributed by atoms with Crippen LogP contribution in [0.5, 0.6) is 0 Å². The second-order valence-corrected chi connectivity index (χ2v) is 6.39. The van der Waals surface area contributed by atoms with Gasteiger partial charge in [0.25, 0.3) is 5.78 Å². The summed E-state index contributed by atoms with van der Waals surface area (Å²) in [6, 6.07) is 0. The number of carbonyl (C=O) groups excluding carboxylic acids is 3. The number of ketones is 1. The van der Waals surface area contributed by atoms with Gasteiger partial charge < -0.3 is 4.74 Å². The van der Waals surface area contributed by atoms with Gasteiger partial charge in [0.2, 0.25) is 0 Å². The monoisotopic (exact) mass is 320 g/mol. The smallest absolute Gasteiger partial charge is 0.413 e. The highest BCUT2D eigenvalue weighted by atomic mass is 32.2. The molecule has 0 unspecified atom stereocenters. The van der Waals surface area contributed by atoms with Gasteiger partial charge in [-0.1, -0.05) is 0 Å². The van der Waals surface area contributed by atoms with E-state index in [2.05, 4.69) is 9.78 Å². The van der Waals surface area contributed by atoms with Crippen molar-refractivity contribution in [2.24, 2.45) is 0 Å². The molecule has 112 valence electrons. The Morgan fingerprint density at radius 3 is 2.25 bits per heavy atom. The molecule has 0 spiro atoms. The lowest BCUT2D eigenvalue weighted by Crippen LogP contribution is -2.27. The molecule has 0 aliphatic carbocycles. The first kappa shape index (κ1) is 17.1. The van der Waals surface area contributed by atoms with Crippen LogP contribution < -0.4 is 0 Å². The van der Waals surface area contributed by atoms with Crippen LogP contribution in [0, 0.1) is 0 Å². The Balaban J connectivity index is 2.94. The van der Waals surface area contributed by atoms with E-state index >= 15 is 0 Å². The lowest BCUT2D eigenvalue weighted by atomic mass is 10.2. The van der Waals surface area contributed by atoms with Crippen LogP contribution in [0.3, 0.4) is 0 Å². The standard InChI is InChI=1S/C12H16O6S2/c1-4-16-18-11(15)9(13)8(10(14)17-7(2)3)12-19-5-6-20-12/h7H,4-6H2,1-3H3. The van der Waals surface area contributed by atoms with Crippen molar-refractivity contribution in [2.45, 2.75) is 26.9 Å². The molecule has 0 N–H and O–H groups in total. The molecular formula is C12H16O6S2. The molecule has 8 heteroatoms. The second kappa shape index (κ2) is 8.33. The van der Waals surface area contributed by atoms with Gasteiger partial charge in [0.1, 0.15) is 5.57 Å². The Morgan fingerprint density at radius 2 is 1.75 bits per heavy atom. The zero-order chi connectivity index (χ0) is 15.1. The molecule has 0 radical (unpaired) electrons. The number of esters is 1. The number of hydrogen-bond acceptors (Lipinski definition) is 8. The average Bonchev–Trinajstić information content (AvgIpc) is 2.88. The first-order valence-corrected chi connectivity index (χ1v) is 8.03. The van der Waals surface area contributed by atoms with Gasteiger partial charge in [-0.05, 0) is 20.8 Å². The molecule has 0 atom stereocenters. The van der Waals surface area contributed by atoms with Gasteiger partial charge in [-0.25, -0.2) is 9.59 Å². The van der Waals surface area contributed by atoms with Gasteiger partial charge in [-0.2, -0.15) is 4.89 Å². The highest BCUT2D eigenvalue weighted by Crippen LogP contribution is 2.39. The topological polar surface area (TPSA) is 78.9 Å². The normalized spacial score (nSPS) is 14.3. The molecule has 0 aromatic rings. The summed E-state index contributed by atoms with van der Waals surface area (Å²) in [7, 11) is 0. The third-order valence-corrected chi connectivity index (χ3v) is 4.68.